The second kappa shape index (κ2) is 10.9. The molecule has 2 atom stereocenters. The molecule has 0 amide bonds. The average molecular weight is 425 g/mol. The summed E-state index contributed by atoms with van der Waals surface area (Å²) < 4.78 is 28.4. The largest absolute Gasteiger partial charge is 0.381 e. The lowest BCUT2D eigenvalue weighted by molar-refractivity contribution is 0.0354. The lowest BCUT2D eigenvalue weighted by Crippen LogP contribution is -2.58. The first-order valence-electron chi connectivity index (χ1n) is 10.3. The van der Waals surface area contributed by atoms with E-state index < -0.39 is 9.84 Å². The van der Waals surface area contributed by atoms with Crippen molar-refractivity contribution in [3.8, 4) is 0 Å². The zero-order valence-corrected chi connectivity index (χ0v) is 18.9. The molecule has 164 valence electrons. The molecule has 2 unspecified atom stereocenters. The number of hydrogen-bond donors (Lipinski definition) is 3. The van der Waals surface area contributed by atoms with E-state index in [-0.39, 0.29) is 23.4 Å². The monoisotopic (exact) mass is 424 g/mol. The molecule has 1 fully saturated rings. The molecule has 8 heteroatoms. The zero-order chi connectivity index (χ0) is 21.3. The lowest BCUT2D eigenvalue weighted by Gasteiger charge is -2.41. The number of sulfone groups is 1. The van der Waals surface area contributed by atoms with Crippen molar-refractivity contribution in [2.45, 2.75) is 50.7 Å². The van der Waals surface area contributed by atoms with Crippen LogP contribution in [0.5, 0.6) is 0 Å². The summed E-state index contributed by atoms with van der Waals surface area (Å²) in [5, 5.41) is 10.6. The zero-order valence-electron chi connectivity index (χ0n) is 18.1. The van der Waals surface area contributed by atoms with Crippen LogP contribution in [0.15, 0.2) is 35.3 Å². The first-order valence-corrected chi connectivity index (χ1v) is 12.3. The van der Waals surface area contributed by atoms with Crippen LogP contribution in [0.2, 0.25) is 0 Å². The minimum atomic E-state index is -2.96. The van der Waals surface area contributed by atoms with Crippen LogP contribution in [0.3, 0.4) is 0 Å². The van der Waals surface area contributed by atoms with Crippen LogP contribution in [0.25, 0.3) is 0 Å². The summed E-state index contributed by atoms with van der Waals surface area (Å²) in [6.45, 7) is 6.33. The predicted octanol–water partition coefficient (Wildman–Crippen LogP) is 1.87. The van der Waals surface area contributed by atoms with Gasteiger partial charge in [0.15, 0.2) is 5.96 Å². The van der Waals surface area contributed by atoms with Crippen molar-refractivity contribution >= 4 is 15.8 Å². The maximum absolute atomic E-state index is 11.4. The fourth-order valence-electron chi connectivity index (χ4n) is 3.56. The molecule has 1 saturated heterocycles. The van der Waals surface area contributed by atoms with Crippen molar-refractivity contribution in [1.82, 2.24) is 16.0 Å². The van der Waals surface area contributed by atoms with E-state index >= 15 is 0 Å². The molecule has 0 radical (unpaired) electrons. The van der Waals surface area contributed by atoms with Gasteiger partial charge in [0.05, 0.1) is 5.75 Å². The SMILES string of the molecule is CN=C(NCC1(NC(C)c2ccccc2)CCOCC1)NC(C)CCS(C)(=O)=O. The smallest absolute Gasteiger partial charge is 0.191 e. The molecule has 2 rings (SSSR count). The molecule has 0 bridgehead atoms. The highest BCUT2D eigenvalue weighted by molar-refractivity contribution is 7.90. The molecule has 0 spiro atoms. The van der Waals surface area contributed by atoms with Crippen molar-refractivity contribution in [3.05, 3.63) is 35.9 Å². The van der Waals surface area contributed by atoms with Gasteiger partial charge in [-0.25, -0.2) is 8.42 Å². The van der Waals surface area contributed by atoms with Gasteiger partial charge in [0.2, 0.25) is 0 Å². The van der Waals surface area contributed by atoms with Crippen molar-refractivity contribution in [2.24, 2.45) is 4.99 Å². The van der Waals surface area contributed by atoms with E-state index in [1.807, 2.05) is 13.0 Å². The molecule has 1 aromatic rings. The predicted molar refractivity (Wildman–Crippen MR) is 119 cm³/mol. The Morgan fingerprint density at radius 3 is 2.45 bits per heavy atom. The van der Waals surface area contributed by atoms with E-state index in [2.05, 4.69) is 52.1 Å². The Labute approximate surface area is 175 Å². The van der Waals surface area contributed by atoms with Crippen molar-refractivity contribution < 1.29 is 13.2 Å². The number of nitrogens with one attached hydrogen (secondary N) is 3. The summed E-state index contributed by atoms with van der Waals surface area (Å²) in [4.78, 5) is 4.31. The first-order chi connectivity index (χ1) is 13.7. The summed E-state index contributed by atoms with van der Waals surface area (Å²) in [6.07, 6.45) is 3.64. The third-order valence-corrected chi connectivity index (χ3v) is 6.37. The van der Waals surface area contributed by atoms with Gasteiger partial charge in [0.25, 0.3) is 0 Å². The quantitative estimate of drug-likeness (QED) is 0.414. The van der Waals surface area contributed by atoms with E-state index in [1.54, 1.807) is 7.05 Å². The molecule has 0 saturated carbocycles. The van der Waals surface area contributed by atoms with Gasteiger partial charge in [-0.15, -0.1) is 0 Å². The van der Waals surface area contributed by atoms with Gasteiger partial charge >= 0.3 is 0 Å². The van der Waals surface area contributed by atoms with Gasteiger partial charge < -0.3 is 20.7 Å². The van der Waals surface area contributed by atoms with Crippen LogP contribution >= 0.6 is 0 Å². The van der Waals surface area contributed by atoms with E-state index in [1.165, 1.54) is 11.8 Å². The summed E-state index contributed by atoms with van der Waals surface area (Å²) in [6, 6.07) is 10.7. The molecule has 1 heterocycles. The number of rotatable bonds is 9. The summed E-state index contributed by atoms with van der Waals surface area (Å²) in [5.41, 5.74) is 1.16. The summed E-state index contributed by atoms with van der Waals surface area (Å²) in [7, 11) is -1.23. The lowest BCUT2D eigenvalue weighted by atomic mass is 9.88. The molecule has 1 aliphatic rings. The second-order valence-electron chi connectivity index (χ2n) is 8.06. The van der Waals surface area contributed by atoms with Crippen LogP contribution in [-0.2, 0) is 14.6 Å². The number of aliphatic imine (C=N–C) groups is 1. The maximum atomic E-state index is 11.4. The van der Waals surface area contributed by atoms with Crippen LogP contribution in [-0.4, -0.2) is 64.8 Å². The minimum absolute atomic E-state index is 0.0118. The minimum Gasteiger partial charge on any atom is -0.381 e. The molecule has 3 N–H and O–H groups in total. The van der Waals surface area contributed by atoms with Crippen molar-refractivity contribution in [2.75, 3.05) is 38.8 Å². The van der Waals surface area contributed by atoms with Gasteiger partial charge in [-0.05, 0) is 38.7 Å². The summed E-state index contributed by atoms with van der Waals surface area (Å²) in [5.74, 6) is 0.848. The van der Waals surface area contributed by atoms with Crippen LogP contribution < -0.4 is 16.0 Å². The topological polar surface area (TPSA) is 91.8 Å². The molecule has 1 aliphatic heterocycles. The van der Waals surface area contributed by atoms with Crippen LogP contribution in [0.4, 0.5) is 0 Å². The van der Waals surface area contributed by atoms with Crippen molar-refractivity contribution in [3.63, 3.8) is 0 Å². The van der Waals surface area contributed by atoms with Gasteiger partial charge in [0, 0.05) is 50.7 Å². The average Bonchev–Trinajstić information content (AvgIpc) is 2.70. The molecular formula is C21H36N4O3S. The molecule has 1 aromatic carbocycles. The molecular weight excluding hydrogens is 388 g/mol. The Bertz CT molecular complexity index is 746. The number of hydrogen-bond acceptors (Lipinski definition) is 5. The number of benzene rings is 1. The van der Waals surface area contributed by atoms with E-state index in [0.29, 0.717) is 18.9 Å². The molecule has 29 heavy (non-hydrogen) atoms. The Hall–Kier alpha value is -1.64. The second-order valence-corrected chi connectivity index (χ2v) is 10.3. The molecule has 7 nitrogen and oxygen atoms in total. The number of nitrogens with zero attached hydrogens (tertiary/aromatic N) is 1. The standard InChI is InChI=1S/C21H36N4O3S/c1-17(10-15-29(4,26)27)24-20(22-3)23-16-21(11-13-28-14-12-21)25-18(2)19-8-6-5-7-9-19/h5-9,17-18,25H,10-16H2,1-4H3,(H2,22,23,24). The highest BCUT2D eigenvalue weighted by Crippen LogP contribution is 2.25. The first kappa shape index (κ1) is 23.6. The Morgan fingerprint density at radius 1 is 1.21 bits per heavy atom. The van der Waals surface area contributed by atoms with E-state index in [0.717, 1.165) is 26.1 Å². The Balaban J connectivity index is 1.96. The number of guanidine groups is 1. The van der Waals surface area contributed by atoms with E-state index in [4.69, 9.17) is 4.74 Å². The van der Waals surface area contributed by atoms with Gasteiger partial charge in [-0.3, -0.25) is 4.99 Å². The fourth-order valence-corrected chi connectivity index (χ4v) is 4.34. The fraction of sp³-hybridized carbons (Fsp3) is 0.667. The van der Waals surface area contributed by atoms with Crippen molar-refractivity contribution in [1.29, 1.82) is 0 Å². The van der Waals surface area contributed by atoms with E-state index in [9.17, 15) is 8.42 Å². The molecule has 0 aliphatic carbocycles. The Morgan fingerprint density at radius 2 is 1.86 bits per heavy atom. The molecule has 0 aromatic heterocycles. The highest BCUT2D eigenvalue weighted by atomic mass is 32.2. The van der Waals surface area contributed by atoms with Crippen LogP contribution in [0, 0.1) is 0 Å². The van der Waals surface area contributed by atoms with Gasteiger partial charge in [-0.1, -0.05) is 30.3 Å². The van der Waals surface area contributed by atoms with Gasteiger partial charge in [-0.2, -0.15) is 0 Å². The summed E-state index contributed by atoms with van der Waals surface area (Å²) >= 11 is 0. The highest BCUT2D eigenvalue weighted by Gasteiger charge is 2.34. The van der Waals surface area contributed by atoms with Gasteiger partial charge in [0.1, 0.15) is 9.84 Å². The normalized spacial score (nSPS) is 19.4. The number of ether oxygens (including phenoxy) is 1. The Kier molecular flexibility index (Phi) is 8.92. The third-order valence-electron chi connectivity index (χ3n) is 5.39. The van der Waals surface area contributed by atoms with Crippen LogP contribution in [0.1, 0.15) is 44.7 Å². The maximum Gasteiger partial charge on any atom is 0.191 e. The third kappa shape index (κ3) is 8.32.